The molecule has 0 aromatic rings. The van der Waals surface area contributed by atoms with E-state index >= 15 is 0 Å². The van der Waals surface area contributed by atoms with E-state index in [-0.39, 0.29) is 0 Å². The average molecular weight is 251 g/mol. The largest absolute Gasteiger partial charge is 0.547 e. The van der Waals surface area contributed by atoms with Crippen molar-refractivity contribution in [3.05, 3.63) is 0 Å². The Morgan fingerprint density at radius 1 is 1.06 bits per heavy atom. The van der Waals surface area contributed by atoms with Gasteiger partial charge in [0.15, 0.2) is 0 Å². The van der Waals surface area contributed by atoms with Gasteiger partial charge in [0.1, 0.15) is 6.10 Å². The van der Waals surface area contributed by atoms with Gasteiger partial charge in [0, 0.05) is 0 Å². The maximum atomic E-state index is 9.62. The van der Waals surface area contributed by atoms with Crippen molar-refractivity contribution in [1.82, 2.24) is 0 Å². The number of carboxylic acids is 1. The van der Waals surface area contributed by atoms with Crippen molar-refractivity contribution in [2.24, 2.45) is 0 Å². The summed E-state index contributed by atoms with van der Waals surface area (Å²) >= 11 is 0. The van der Waals surface area contributed by atoms with Gasteiger partial charge in [-0.05, 0) is 6.92 Å². The summed E-state index contributed by atoms with van der Waals surface area (Å²) in [5.74, 6) is -1.65. The summed E-state index contributed by atoms with van der Waals surface area (Å²) in [6, 6.07) is 0. The van der Waals surface area contributed by atoms with Crippen LogP contribution in [0.25, 0.3) is 0 Å². The second-order valence-corrected chi connectivity index (χ2v) is 6.23. The average Bonchev–Trinajstić information content (AvgIpc) is 1.96. The molecule has 0 fully saturated rings. The zero-order chi connectivity index (χ0) is 14.4. The van der Waals surface area contributed by atoms with Gasteiger partial charge in [-0.2, -0.15) is 0 Å². The van der Waals surface area contributed by atoms with Gasteiger partial charge >= 0.3 is 0 Å². The molecule has 0 aromatic heterocycles. The molecule has 0 rings (SSSR count). The van der Waals surface area contributed by atoms with Gasteiger partial charge in [-0.1, -0.05) is 0 Å². The molecule has 0 amide bonds. The van der Waals surface area contributed by atoms with Crippen LogP contribution >= 0.6 is 0 Å². The van der Waals surface area contributed by atoms with Crippen LogP contribution in [0.4, 0.5) is 0 Å². The SMILES string of the molecule is C[C@H](O)[C@@H](O)C(=O)[O-].C[N+](C)(C)C[N+](C)(C)C. The number of carbonyl (C=O) groups is 1. The topological polar surface area (TPSA) is 80.6 Å². The summed E-state index contributed by atoms with van der Waals surface area (Å²) in [6.45, 7) is 2.33. The molecule has 6 nitrogen and oxygen atoms in total. The molecule has 0 bridgehead atoms. The zero-order valence-corrected chi connectivity index (χ0v) is 12.0. The van der Waals surface area contributed by atoms with Gasteiger partial charge in [0.05, 0.1) is 54.4 Å². The number of quaternary nitrogens is 2. The van der Waals surface area contributed by atoms with Gasteiger partial charge in [0.2, 0.25) is 6.67 Å². The van der Waals surface area contributed by atoms with E-state index in [1.807, 2.05) is 0 Å². The van der Waals surface area contributed by atoms with Crippen LogP contribution in [0.3, 0.4) is 0 Å². The number of nitrogens with zero attached hydrogens (tertiary/aromatic N) is 2. The van der Waals surface area contributed by atoms with Gasteiger partial charge < -0.3 is 20.1 Å². The highest BCUT2D eigenvalue weighted by Gasteiger charge is 2.17. The standard InChI is InChI=1S/C7H20N2.C4H8O4/c1-8(2,3)7-9(4,5)6;1-2(5)3(6)4(7)8/h7H2,1-6H3;2-3,5-6H,1H3,(H,7,8)/q+2;/p-1/t;2-,3+/m.0/s1. The first kappa shape index (κ1) is 18.7. The number of carbonyl (C=O) groups excluding carboxylic acids is 1. The number of aliphatic carboxylic acids is 1. The normalized spacial score (nSPS) is 15.6. The summed E-state index contributed by atoms with van der Waals surface area (Å²) in [5.41, 5.74) is 0. The molecule has 0 unspecified atom stereocenters. The Balaban J connectivity index is 0. The Bertz CT molecular complexity index is 217. The molecular weight excluding hydrogens is 224 g/mol. The van der Waals surface area contributed by atoms with Crippen LogP contribution in [-0.4, -0.2) is 86.3 Å². The molecule has 0 aliphatic heterocycles. The fraction of sp³-hybridized carbons (Fsp3) is 0.909. The van der Waals surface area contributed by atoms with Crippen LogP contribution in [0.5, 0.6) is 0 Å². The maximum Gasteiger partial charge on any atom is 0.206 e. The number of hydrogen-bond donors (Lipinski definition) is 2. The van der Waals surface area contributed by atoms with E-state index < -0.39 is 18.2 Å². The summed E-state index contributed by atoms with van der Waals surface area (Å²) in [4.78, 5) is 9.62. The highest BCUT2D eigenvalue weighted by Crippen LogP contribution is 1.97. The third-order valence-electron chi connectivity index (χ3n) is 1.55. The van der Waals surface area contributed by atoms with Crippen molar-refractivity contribution in [3.8, 4) is 0 Å². The Labute approximate surface area is 104 Å². The smallest absolute Gasteiger partial charge is 0.206 e. The van der Waals surface area contributed by atoms with Crippen molar-refractivity contribution in [2.75, 3.05) is 49.0 Å². The number of carboxylic acid groups (broad SMARTS) is 1. The lowest BCUT2D eigenvalue weighted by atomic mass is 10.2. The lowest BCUT2D eigenvalue weighted by molar-refractivity contribution is -1.05. The number of hydrogen-bond acceptors (Lipinski definition) is 4. The molecule has 0 saturated carbocycles. The molecule has 0 aliphatic rings. The number of aliphatic hydroxyl groups is 2. The maximum absolute atomic E-state index is 9.62. The molecule has 0 aliphatic carbocycles. The predicted molar refractivity (Wildman–Crippen MR) is 63.6 cm³/mol. The number of aliphatic hydroxyl groups excluding tert-OH is 2. The monoisotopic (exact) mass is 251 g/mol. The first-order valence-corrected chi connectivity index (χ1v) is 5.44. The molecule has 0 radical (unpaired) electrons. The van der Waals surface area contributed by atoms with Crippen LogP contribution in [-0.2, 0) is 4.79 Å². The van der Waals surface area contributed by atoms with E-state index in [1.54, 1.807) is 0 Å². The lowest BCUT2D eigenvalue weighted by Gasteiger charge is -2.32. The minimum atomic E-state index is -1.77. The van der Waals surface area contributed by atoms with E-state index in [0.29, 0.717) is 0 Å². The van der Waals surface area contributed by atoms with Crippen LogP contribution in [0, 0.1) is 0 Å². The van der Waals surface area contributed by atoms with Crippen molar-refractivity contribution >= 4 is 5.97 Å². The number of rotatable bonds is 4. The minimum absolute atomic E-state index is 1.03. The minimum Gasteiger partial charge on any atom is -0.547 e. The van der Waals surface area contributed by atoms with Gasteiger partial charge in [-0.15, -0.1) is 0 Å². The molecule has 17 heavy (non-hydrogen) atoms. The highest BCUT2D eigenvalue weighted by molar-refractivity contribution is 5.70. The van der Waals surface area contributed by atoms with Crippen molar-refractivity contribution < 1.29 is 29.1 Å². The van der Waals surface area contributed by atoms with E-state index in [1.165, 1.54) is 13.6 Å². The van der Waals surface area contributed by atoms with Crippen molar-refractivity contribution in [3.63, 3.8) is 0 Å². The van der Waals surface area contributed by atoms with E-state index in [4.69, 9.17) is 10.2 Å². The fourth-order valence-electron chi connectivity index (χ4n) is 1.47. The Hall–Kier alpha value is -0.690. The van der Waals surface area contributed by atoms with Crippen molar-refractivity contribution in [2.45, 2.75) is 19.1 Å². The van der Waals surface area contributed by atoms with E-state index in [2.05, 4.69) is 42.3 Å². The molecular formula is C11H27N2O4+. The van der Waals surface area contributed by atoms with Crippen LogP contribution in [0.2, 0.25) is 0 Å². The predicted octanol–water partition coefficient (Wildman–Crippen LogP) is -2.17. The molecule has 0 spiro atoms. The summed E-state index contributed by atoms with van der Waals surface area (Å²) in [5, 5.41) is 26.2. The van der Waals surface area contributed by atoms with Crippen molar-refractivity contribution in [1.29, 1.82) is 0 Å². The molecule has 0 heterocycles. The lowest BCUT2D eigenvalue weighted by Crippen LogP contribution is -2.51. The van der Waals surface area contributed by atoms with Crippen LogP contribution < -0.4 is 5.11 Å². The first-order valence-electron chi connectivity index (χ1n) is 5.44. The first-order chi connectivity index (χ1) is 7.26. The molecule has 104 valence electrons. The molecule has 6 heteroatoms. The summed E-state index contributed by atoms with van der Waals surface area (Å²) < 4.78 is 2.06. The Morgan fingerprint density at radius 2 is 1.35 bits per heavy atom. The molecule has 0 saturated heterocycles. The summed E-state index contributed by atoms with van der Waals surface area (Å²) in [7, 11) is 13.3. The third-order valence-corrected chi connectivity index (χ3v) is 1.55. The van der Waals surface area contributed by atoms with E-state index in [9.17, 15) is 9.90 Å². The van der Waals surface area contributed by atoms with Gasteiger partial charge in [-0.25, -0.2) is 0 Å². The quantitative estimate of drug-likeness (QED) is 0.440. The van der Waals surface area contributed by atoms with E-state index in [0.717, 1.165) is 8.97 Å². The molecule has 2 atom stereocenters. The Morgan fingerprint density at radius 3 is 1.35 bits per heavy atom. The molecule has 0 aromatic carbocycles. The van der Waals surface area contributed by atoms with Crippen LogP contribution in [0.15, 0.2) is 0 Å². The summed E-state index contributed by atoms with van der Waals surface area (Å²) in [6.07, 6.45) is -3.03. The third kappa shape index (κ3) is 15.3. The fourth-order valence-corrected chi connectivity index (χ4v) is 1.47. The molecule has 2 N–H and O–H groups in total. The Kier molecular flexibility index (Phi) is 7.58. The highest BCUT2D eigenvalue weighted by atomic mass is 16.4. The second kappa shape index (κ2) is 6.90. The van der Waals surface area contributed by atoms with Gasteiger partial charge in [0.25, 0.3) is 0 Å². The second-order valence-electron chi connectivity index (χ2n) is 6.23. The van der Waals surface area contributed by atoms with Gasteiger partial charge in [-0.3, -0.25) is 8.97 Å². The zero-order valence-electron chi connectivity index (χ0n) is 12.0. The van der Waals surface area contributed by atoms with Crippen LogP contribution in [0.1, 0.15) is 6.92 Å².